The van der Waals surface area contributed by atoms with E-state index in [-0.39, 0.29) is 0 Å². The Kier molecular flexibility index (Phi) is 10.9. The van der Waals surface area contributed by atoms with E-state index in [1.54, 1.807) is 0 Å². The molecule has 0 saturated heterocycles. The van der Waals surface area contributed by atoms with Gasteiger partial charge in [-0.3, -0.25) is 0 Å². The zero-order valence-electron chi connectivity index (χ0n) is 17.5. The molecular formula is C24H31N3. The van der Waals surface area contributed by atoms with Crippen molar-refractivity contribution in [2.45, 2.75) is 41.5 Å². The second kappa shape index (κ2) is 12.3. The highest BCUT2D eigenvalue weighted by Gasteiger charge is 2.06. The number of aryl methyl sites for hydroxylation is 3. The molecule has 3 nitrogen and oxygen atoms in total. The average Bonchev–Trinajstić information content (AvgIpc) is 3.10. The third-order valence-corrected chi connectivity index (χ3v) is 3.76. The molecule has 0 atom stereocenters. The van der Waals surface area contributed by atoms with Gasteiger partial charge in [0.15, 0.2) is 5.65 Å². The highest BCUT2D eigenvalue weighted by molar-refractivity contribution is 5.80. The fourth-order valence-electron chi connectivity index (χ4n) is 2.45. The molecule has 0 spiro atoms. The minimum atomic E-state index is 0.898. The fraction of sp³-hybridized carbons (Fsp3) is 0.250. The molecule has 3 heteroatoms. The summed E-state index contributed by atoms with van der Waals surface area (Å²) in [5, 5.41) is 4.49. The minimum Gasteiger partial charge on any atom is -0.236 e. The number of fused-ring (bicyclic) bond motifs is 1. The predicted octanol–water partition coefficient (Wildman–Crippen LogP) is 6.29. The largest absolute Gasteiger partial charge is 0.236 e. The molecule has 0 saturated carbocycles. The maximum absolute atomic E-state index is 4.49. The van der Waals surface area contributed by atoms with Crippen molar-refractivity contribution in [3.05, 3.63) is 77.8 Å². The summed E-state index contributed by atoms with van der Waals surface area (Å²) in [6, 6.07) is 10.6. The number of nitrogens with zero attached hydrogens (tertiary/aromatic N) is 3. The van der Waals surface area contributed by atoms with Crippen molar-refractivity contribution >= 4 is 17.3 Å². The van der Waals surface area contributed by atoms with Crippen molar-refractivity contribution in [1.29, 1.82) is 0 Å². The van der Waals surface area contributed by atoms with Gasteiger partial charge in [-0.25, -0.2) is 9.50 Å². The molecule has 142 valence electrons. The van der Waals surface area contributed by atoms with E-state index >= 15 is 0 Å². The number of allylic oxidation sites excluding steroid dienone is 1. The van der Waals surface area contributed by atoms with Crippen LogP contribution in [-0.4, -0.2) is 14.6 Å². The molecule has 0 radical (unpaired) electrons. The summed E-state index contributed by atoms with van der Waals surface area (Å²) in [5.74, 6) is 0. The highest BCUT2D eigenvalue weighted by atomic mass is 15.3. The molecule has 0 fully saturated rings. The number of hydrogen-bond acceptors (Lipinski definition) is 2. The van der Waals surface area contributed by atoms with Gasteiger partial charge in [-0.2, -0.15) is 5.10 Å². The van der Waals surface area contributed by atoms with Gasteiger partial charge in [-0.1, -0.05) is 43.7 Å². The van der Waals surface area contributed by atoms with E-state index in [2.05, 4.69) is 87.2 Å². The third-order valence-electron chi connectivity index (χ3n) is 3.76. The second-order valence-electron chi connectivity index (χ2n) is 5.55. The van der Waals surface area contributed by atoms with Crippen LogP contribution in [0.2, 0.25) is 0 Å². The van der Waals surface area contributed by atoms with Crippen LogP contribution in [0, 0.1) is 33.6 Å². The molecule has 0 unspecified atom stereocenters. The van der Waals surface area contributed by atoms with Crippen LogP contribution in [0.5, 0.6) is 0 Å². The Balaban J connectivity index is 0.00000103. The Morgan fingerprint density at radius 3 is 2.15 bits per heavy atom. The van der Waals surface area contributed by atoms with Crippen LogP contribution in [0.15, 0.2) is 49.7 Å². The number of benzene rings is 1. The summed E-state index contributed by atoms with van der Waals surface area (Å²) >= 11 is 0. The van der Waals surface area contributed by atoms with Gasteiger partial charge in [-0.05, 0) is 44.9 Å². The molecule has 0 aliphatic carbocycles. The smallest absolute Gasteiger partial charge is 0.155 e. The van der Waals surface area contributed by atoms with E-state index in [9.17, 15) is 0 Å². The van der Waals surface area contributed by atoms with Crippen LogP contribution in [0.25, 0.3) is 17.3 Å². The normalized spacial score (nSPS) is 9.85. The van der Waals surface area contributed by atoms with Gasteiger partial charge in [0.25, 0.3) is 0 Å². The quantitative estimate of drug-likeness (QED) is 0.396. The highest BCUT2D eigenvalue weighted by Crippen LogP contribution is 2.20. The lowest BCUT2D eigenvalue weighted by molar-refractivity contribution is 0.874. The third kappa shape index (κ3) is 6.27. The zero-order chi connectivity index (χ0) is 21.0. The van der Waals surface area contributed by atoms with Crippen molar-refractivity contribution in [3.63, 3.8) is 0 Å². The van der Waals surface area contributed by atoms with Crippen LogP contribution < -0.4 is 0 Å². The van der Waals surface area contributed by atoms with Gasteiger partial charge in [-0.15, -0.1) is 26.0 Å². The van der Waals surface area contributed by atoms with Crippen LogP contribution in [0.1, 0.15) is 48.8 Å². The first-order valence-electron chi connectivity index (χ1n) is 8.95. The van der Waals surface area contributed by atoms with Crippen LogP contribution in [0.3, 0.4) is 0 Å². The lowest BCUT2D eigenvalue weighted by Crippen LogP contribution is -1.98. The number of aromatic nitrogens is 3. The standard InChI is InChI=1S/C18H19N3.C2H6.C2H4.C2H2/c1-12-5-7-16(8-6-12)13(2)9-17-11-19-18-10-14(3)20-21(18)15(17)4;3*1-2/h5-11H,1-4H3;1-2H3;1-2H2;1-2H/b13-9+;;;. The molecule has 3 rings (SSSR count). The fourth-order valence-corrected chi connectivity index (χ4v) is 2.45. The Morgan fingerprint density at radius 2 is 1.59 bits per heavy atom. The van der Waals surface area contributed by atoms with Gasteiger partial charge < -0.3 is 0 Å². The number of terminal acetylenes is 1. The van der Waals surface area contributed by atoms with Gasteiger partial charge in [0.2, 0.25) is 0 Å². The first kappa shape index (κ1) is 23.9. The maximum atomic E-state index is 4.49. The number of rotatable bonds is 2. The SMILES string of the molecule is C#C.C/C(=C\c1cnc2cc(C)nn2c1C)c1ccc(C)cc1.C=C.CC. The summed E-state index contributed by atoms with van der Waals surface area (Å²) in [6.45, 7) is 18.3. The van der Waals surface area contributed by atoms with Crippen molar-refractivity contribution in [3.8, 4) is 12.8 Å². The first-order chi connectivity index (χ1) is 13.0. The van der Waals surface area contributed by atoms with Crippen LogP contribution >= 0.6 is 0 Å². The Hall–Kier alpha value is -3.12. The Bertz CT molecular complexity index is 881. The monoisotopic (exact) mass is 361 g/mol. The Labute approximate surface area is 164 Å². The molecular weight excluding hydrogens is 330 g/mol. The molecule has 27 heavy (non-hydrogen) atoms. The molecule has 0 aliphatic rings. The van der Waals surface area contributed by atoms with Gasteiger partial charge in [0.1, 0.15) is 0 Å². The van der Waals surface area contributed by atoms with E-state index in [0.717, 1.165) is 22.6 Å². The molecule has 2 heterocycles. The lowest BCUT2D eigenvalue weighted by Gasteiger charge is -2.06. The lowest BCUT2D eigenvalue weighted by atomic mass is 10.0. The summed E-state index contributed by atoms with van der Waals surface area (Å²) in [4.78, 5) is 4.48. The first-order valence-corrected chi connectivity index (χ1v) is 8.95. The van der Waals surface area contributed by atoms with Gasteiger partial charge in [0, 0.05) is 17.8 Å². The van der Waals surface area contributed by atoms with E-state index in [1.165, 1.54) is 16.7 Å². The van der Waals surface area contributed by atoms with Crippen LogP contribution in [0.4, 0.5) is 0 Å². The molecule has 2 aromatic heterocycles. The van der Waals surface area contributed by atoms with Crippen molar-refractivity contribution in [2.24, 2.45) is 0 Å². The van der Waals surface area contributed by atoms with Gasteiger partial charge in [0.05, 0.1) is 11.4 Å². The van der Waals surface area contributed by atoms with Crippen molar-refractivity contribution in [1.82, 2.24) is 14.6 Å². The summed E-state index contributed by atoms with van der Waals surface area (Å²) in [7, 11) is 0. The van der Waals surface area contributed by atoms with Crippen LogP contribution in [-0.2, 0) is 0 Å². The molecule has 0 aliphatic heterocycles. The van der Waals surface area contributed by atoms with Gasteiger partial charge >= 0.3 is 0 Å². The topological polar surface area (TPSA) is 30.2 Å². The number of hydrogen-bond donors (Lipinski definition) is 0. The molecule has 0 amide bonds. The van der Waals surface area contributed by atoms with E-state index in [1.807, 2.05) is 37.5 Å². The molecule has 3 aromatic rings. The molecule has 0 N–H and O–H groups in total. The summed E-state index contributed by atoms with van der Waals surface area (Å²) < 4.78 is 1.91. The second-order valence-corrected chi connectivity index (χ2v) is 5.55. The Morgan fingerprint density at radius 1 is 1.04 bits per heavy atom. The van der Waals surface area contributed by atoms with Crippen molar-refractivity contribution < 1.29 is 0 Å². The summed E-state index contributed by atoms with van der Waals surface area (Å²) in [5.41, 5.74) is 7.83. The maximum Gasteiger partial charge on any atom is 0.155 e. The van der Waals surface area contributed by atoms with E-state index in [4.69, 9.17) is 0 Å². The van der Waals surface area contributed by atoms with E-state index in [0.29, 0.717) is 0 Å². The zero-order valence-corrected chi connectivity index (χ0v) is 17.5. The molecule has 0 bridgehead atoms. The van der Waals surface area contributed by atoms with E-state index < -0.39 is 0 Å². The minimum absolute atomic E-state index is 0.898. The summed E-state index contributed by atoms with van der Waals surface area (Å²) in [6.07, 6.45) is 12.1. The molecule has 1 aromatic carbocycles. The van der Waals surface area contributed by atoms with Crippen molar-refractivity contribution in [2.75, 3.05) is 0 Å². The predicted molar refractivity (Wildman–Crippen MR) is 120 cm³/mol. The average molecular weight is 362 g/mol.